The second-order valence-electron chi connectivity index (χ2n) is 2.65. The minimum atomic E-state index is 0.166. The Bertz CT molecular complexity index is 395. The summed E-state index contributed by atoms with van der Waals surface area (Å²) in [6, 6.07) is 5.09. The van der Waals surface area contributed by atoms with Gasteiger partial charge in [0.25, 0.3) is 0 Å². The molecule has 0 aromatic heterocycles. The normalized spacial score (nSPS) is 10.3. The van der Waals surface area contributed by atoms with Crippen LogP contribution < -0.4 is 10.7 Å². The molecule has 4 nitrogen and oxygen atoms in total. The highest BCUT2D eigenvalue weighted by atomic mass is 79.9. The number of hydrogen-bond donors (Lipinski definition) is 3. The van der Waals surface area contributed by atoms with Crippen molar-refractivity contribution in [1.82, 2.24) is 10.7 Å². The molecule has 80 valence electrons. The van der Waals surface area contributed by atoms with Gasteiger partial charge in [0.2, 0.25) is 0 Å². The van der Waals surface area contributed by atoms with Crippen molar-refractivity contribution in [3.63, 3.8) is 0 Å². The van der Waals surface area contributed by atoms with Crippen molar-refractivity contribution in [2.24, 2.45) is 5.10 Å². The molecule has 0 bridgehead atoms. The van der Waals surface area contributed by atoms with Gasteiger partial charge < -0.3 is 10.4 Å². The lowest BCUT2D eigenvalue weighted by Crippen LogP contribution is -2.28. The molecule has 0 aliphatic carbocycles. The second kappa shape index (κ2) is 5.67. The summed E-state index contributed by atoms with van der Waals surface area (Å²) in [7, 11) is 1.70. The van der Waals surface area contributed by atoms with Crippen LogP contribution in [0, 0.1) is 0 Å². The van der Waals surface area contributed by atoms with Crippen LogP contribution in [0.5, 0.6) is 5.75 Å². The van der Waals surface area contributed by atoms with Crippen molar-refractivity contribution < 1.29 is 5.11 Å². The summed E-state index contributed by atoms with van der Waals surface area (Å²) in [4.78, 5) is 0. The van der Waals surface area contributed by atoms with Crippen molar-refractivity contribution in [2.75, 3.05) is 7.05 Å². The Balaban J connectivity index is 2.71. The summed E-state index contributed by atoms with van der Waals surface area (Å²) < 4.78 is 0.873. The van der Waals surface area contributed by atoms with E-state index in [0.29, 0.717) is 10.7 Å². The van der Waals surface area contributed by atoms with Gasteiger partial charge in [-0.25, -0.2) is 0 Å². The number of nitrogens with zero attached hydrogens (tertiary/aromatic N) is 1. The Kier molecular flexibility index (Phi) is 4.51. The number of halogens is 1. The minimum absolute atomic E-state index is 0.166. The summed E-state index contributed by atoms with van der Waals surface area (Å²) in [5.41, 5.74) is 3.20. The number of hydrazone groups is 1. The molecule has 1 aromatic carbocycles. The average molecular weight is 288 g/mol. The number of thiocarbonyl (C=S) groups is 1. The number of phenols is 1. The molecule has 1 aromatic rings. The predicted octanol–water partition coefficient (Wildman–Crippen LogP) is 1.58. The van der Waals surface area contributed by atoms with Crippen molar-refractivity contribution in [1.29, 1.82) is 0 Å². The van der Waals surface area contributed by atoms with Gasteiger partial charge in [0.05, 0.1) is 6.21 Å². The van der Waals surface area contributed by atoms with Gasteiger partial charge in [-0.3, -0.25) is 5.43 Å². The van der Waals surface area contributed by atoms with Gasteiger partial charge in [-0.15, -0.1) is 0 Å². The summed E-state index contributed by atoms with van der Waals surface area (Å²) in [6.45, 7) is 0. The highest BCUT2D eigenvalue weighted by Gasteiger charge is 1.98. The van der Waals surface area contributed by atoms with Gasteiger partial charge in [0.15, 0.2) is 5.11 Å². The van der Waals surface area contributed by atoms with E-state index in [4.69, 9.17) is 12.2 Å². The summed E-state index contributed by atoms with van der Waals surface area (Å²) in [5.74, 6) is 0.166. The van der Waals surface area contributed by atoms with E-state index in [1.54, 1.807) is 25.2 Å². The van der Waals surface area contributed by atoms with Crippen LogP contribution in [0.1, 0.15) is 5.56 Å². The van der Waals surface area contributed by atoms with Crippen LogP contribution in [-0.4, -0.2) is 23.5 Å². The molecule has 0 fully saturated rings. The van der Waals surface area contributed by atoms with Gasteiger partial charge in [-0.1, -0.05) is 15.9 Å². The zero-order valence-corrected chi connectivity index (χ0v) is 10.4. The van der Waals surface area contributed by atoms with E-state index >= 15 is 0 Å². The van der Waals surface area contributed by atoms with Crippen molar-refractivity contribution in [3.05, 3.63) is 28.2 Å². The summed E-state index contributed by atoms with van der Waals surface area (Å²) in [6.07, 6.45) is 1.49. The molecule has 0 spiro atoms. The maximum absolute atomic E-state index is 9.47. The van der Waals surface area contributed by atoms with Crippen molar-refractivity contribution >= 4 is 39.5 Å². The first-order valence-electron chi connectivity index (χ1n) is 4.13. The molecule has 0 saturated carbocycles. The third kappa shape index (κ3) is 3.85. The lowest BCUT2D eigenvalue weighted by atomic mass is 10.2. The molecule has 0 unspecified atom stereocenters. The zero-order chi connectivity index (χ0) is 11.3. The molecule has 0 radical (unpaired) electrons. The summed E-state index contributed by atoms with van der Waals surface area (Å²) in [5, 5.41) is 16.5. The number of aromatic hydroxyl groups is 1. The van der Waals surface area contributed by atoms with Crippen LogP contribution in [0.25, 0.3) is 0 Å². The van der Waals surface area contributed by atoms with E-state index in [1.807, 2.05) is 0 Å². The molecular formula is C9H10BrN3OS. The third-order valence-corrected chi connectivity index (χ3v) is 2.38. The van der Waals surface area contributed by atoms with Crippen LogP contribution in [-0.2, 0) is 0 Å². The van der Waals surface area contributed by atoms with Gasteiger partial charge in [-0.2, -0.15) is 5.10 Å². The van der Waals surface area contributed by atoms with E-state index in [9.17, 15) is 5.11 Å². The monoisotopic (exact) mass is 287 g/mol. The zero-order valence-electron chi connectivity index (χ0n) is 7.99. The Morgan fingerprint density at radius 3 is 3.00 bits per heavy atom. The number of rotatable bonds is 2. The molecule has 6 heteroatoms. The first kappa shape index (κ1) is 11.9. The SMILES string of the molecule is CNC(=S)NN=Cc1cc(Br)ccc1O. The fourth-order valence-electron chi connectivity index (χ4n) is 0.845. The van der Waals surface area contributed by atoms with Crippen LogP contribution in [0.4, 0.5) is 0 Å². The fraction of sp³-hybridized carbons (Fsp3) is 0.111. The van der Waals surface area contributed by atoms with Gasteiger partial charge >= 0.3 is 0 Å². The van der Waals surface area contributed by atoms with E-state index < -0.39 is 0 Å². The third-order valence-electron chi connectivity index (χ3n) is 1.59. The number of benzene rings is 1. The average Bonchev–Trinajstić information content (AvgIpc) is 2.23. The minimum Gasteiger partial charge on any atom is -0.507 e. The Hall–Kier alpha value is -1.14. The number of nitrogens with one attached hydrogen (secondary N) is 2. The van der Waals surface area contributed by atoms with Gasteiger partial charge in [-0.05, 0) is 30.4 Å². The maximum atomic E-state index is 9.47. The molecular weight excluding hydrogens is 278 g/mol. The highest BCUT2D eigenvalue weighted by Crippen LogP contribution is 2.19. The van der Waals surface area contributed by atoms with E-state index in [2.05, 4.69) is 31.8 Å². The number of hydrogen-bond acceptors (Lipinski definition) is 3. The molecule has 15 heavy (non-hydrogen) atoms. The quantitative estimate of drug-likeness (QED) is 0.439. The lowest BCUT2D eigenvalue weighted by molar-refractivity contribution is 0.474. The van der Waals surface area contributed by atoms with Gasteiger partial charge in [0, 0.05) is 17.1 Å². The fourth-order valence-corrected chi connectivity index (χ4v) is 1.28. The molecule has 0 amide bonds. The first-order chi connectivity index (χ1) is 7.13. The highest BCUT2D eigenvalue weighted by molar-refractivity contribution is 9.10. The smallest absolute Gasteiger partial charge is 0.186 e. The van der Waals surface area contributed by atoms with Crippen LogP contribution in [0.3, 0.4) is 0 Å². The van der Waals surface area contributed by atoms with Crippen LogP contribution >= 0.6 is 28.1 Å². The molecule has 0 aliphatic heterocycles. The Morgan fingerprint density at radius 1 is 1.60 bits per heavy atom. The van der Waals surface area contributed by atoms with E-state index in [-0.39, 0.29) is 5.75 Å². The standard InChI is InChI=1S/C9H10BrN3OS/c1-11-9(15)13-12-5-6-4-7(10)2-3-8(6)14/h2-5,14H,1H3,(H2,11,13,15). The topological polar surface area (TPSA) is 56.7 Å². The largest absolute Gasteiger partial charge is 0.507 e. The van der Waals surface area contributed by atoms with Crippen LogP contribution in [0.2, 0.25) is 0 Å². The second-order valence-corrected chi connectivity index (χ2v) is 3.98. The Labute approximate surface area is 102 Å². The molecule has 0 saturated heterocycles. The molecule has 3 N–H and O–H groups in total. The molecule has 0 heterocycles. The first-order valence-corrected chi connectivity index (χ1v) is 5.33. The predicted molar refractivity (Wildman–Crippen MR) is 68.2 cm³/mol. The summed E-state index contributed by atoms with van der Waals surface area (Å²) >= 11 is 8.12. The molecule has 1 rings (SSSR count). The Morgan fingerprint density at radius 2 is 2.33 bits per heavy atom. The molecule has 0 aliphatic rings. The van der Waals surface area contributed by atoms with E-state index in [1.165, 1.54) is 6.21 Å². The number of phenolic OH excluding ortho intramolecular Hbond substituents is 1. The van der Waals surface area contributed by atoms with E-state index in [0.717, 1.165) is 4.47 Å². The lowest BCUT2D eigenvalue weighted by Gasteiger charge is -2.01. The molecule has 0 atom stereocenters. The van der Waals surface area contributed by atoms with Crippen molar-refractivity contribution in [2.45, 2.75) is 0 Å². The maximum Gasteiger partial charge on any atom is 0.186 e. The van der Waals surface area contributed by atoms with Crippen LogP contribution in [0.15, 0.2) is 27.8 Å². The van der Waals surface area contributed by atoms with Crippen molar-refractivity contribution in [3.8, 4) is 5.75 Å². The van der Waals surface area contributed by atoms with Gasteiger partial charge in [0.1, 0.15) is 5.75 Å².